The van der Waals surface area contributed by atoms with Gasteiger partial charge in [-0.15, -0.1) is 0 Å². The van der Waals surface area contributed by atoms with Gasteiger partial charge in [0, 0.05) is 15.4 Å². The maximum absolute atomic E-state index is 12.6. The zero-order chi connectivity index (χ0) is 11.1. The predicted octanol–water partition coefficient (Wildman–Crippen LogP) is 4.25. The lowest BCUT2D eigenvalue weighted by Crippen LogP contribution is -2.05. The van der Waals surface area contributed by atoms with E-state index in [0.29, 0.717) is 5.75 Å². The van der Waals surface area contributed by atoms with Crippen molar-refractivity contribution in [2.24, 2.45) is 5.92 Å². The lowest BCUT2D eigenvalue weighted by atomic mass is 10.3. The van der Waals surface area contributed by atoms with Crippen LogP contribution in [0.2, 0.25) is 0 Å². The van der Waals surface area contributed by atoms with E-state index in [1.165, 1.54) is 0 Å². The highest BCUT2D eigenvalue weighted by molar-refractivity contribution is 9.11. The van der Waals surface area contributed by atoms with Gasteiger partial charge < -0.3 is 4.74 Å². The van der Waals surface area contributed by atoms with E-state index in [9.17, 15) is 8.78 Å². The molecule has 1 aromatic rings. The molecule has 15 heavy (non-hydrogen) atoms. The zero-order valence-electron chi connectivity index (χ0n) is 7.64. The molecule has 1 aliphatic rings. The number of alkyl halides is 2. The summed E-state index contributed by atoms with van der Waals surface area (Å²) in [5.74, 6) is -2.53. The number of benzene rings is 1. The van der Waals surface area contributed by atoms with Crippen LogP contribution < -0.4 is 4.74 Å². The first-order chi connectivity index (χ1) is 6.97. The largest absolute Gasteiger partial charge is 0.493 e. The van der Waals surface area contributed by atoms with Gasteiger partial charge in [0.1, 0.15) is 5.75 Å². The second-order valence-electron chi connectivity index (χ2n) is 3.58. The second-order valence-corrected chi connectivity index (χ2v) is 5.41. The fourth-order valence-corrected chi connectivity index (χ4v) is 2.51. The van der Waals surface area contributed by atoms with Gasteiger partial charge in [0.25, 0.3) is 5.92 Å². The van der Waals surface area contributed by atoms with Crippen molar-refractivity contribution in [3.05, 3.63) is 27.1 Å². The van der Waals surface area contributed by atoms with E-state index < -0.39 is 11.8 Å². The third kappa shape index (κ3) is 2.91. The number of hydrogen-bond donors (Lipinski definition) is 0. The molecule has 1 fully saturated rings. The molecule has 0 heterocycles. The molecular formula is C10H8Br2F2O. The first kappa shape index (κ1) is 11.3. The molecule has 0 aromatic heterocycles. The Kier molecular flexibility index (Phi) is 3.03. The van der Waals surface area contributed by atoms with Crippen molar-refractivity contribution in [1.29, 1.82) is 0 Å². The molecule has 1 atom stereocenters. The van der Waals surface area contributed by atoms with Crippen molar-refractivity contribution >= 4 is 31.9 Å². The summed E-state index contributed by atoms with van der Waals surface area (Å²) >= 11 is 6.60. The summed E-state index contributed by atoms with van der Waals surface area (Å²) in [7, 11) is 0. The Labute approximate surface area is 103 Å². The van der Waals surface area contributed by atoms with Gasteiger partial charge in [-0.1, -0.05) is 31.9 Å². The Morgan fingerprint density at radius 2 is 1.80 bits per heavy atom. The summed E-state index contributed by atoms with van der Waals surface area (Å²) < 4.78 is 32.1. The zero-order valence-corrected chi connectivity index (χ0v) is 10.8. The molecule has 0 saturated heterocycles. The van der Waals surface area contributed by atoms with E-state index in [2.05, 4.69) is 31.9 Å². The van der Waals surface area contributed by atoms with Gasteiger partial charge in [0.05, 0.1) is 12.5 Å². The highest BCUT2D eigenvalue weighted by Gasteiger charge is 2.57. The van der Waals surface area contributed by atoms with Gasteiger partial charge in [-0.3, -0.25) is 0 Å². The van der Waals surface area contributed by atoms with E-state index in [1.54, 1.807) is 12.1 Å². The Balaban J connectivity index is 1.94. The normalized spacial score (nSPS) is 22.5. The van der Waals surface area contributed by atoms with Crippen LogP contribution in [0.3, 0.4) is 0 Å². The van der Waals surface area contributed by atoms with Crippen LogP contribution in [-0.2, 0) is 0 Å². The van der Waals surface area contributed by atoms with Crippen molar-refractivity contribution in [2.75, 3.05) is 6.61 Å². The molecule has 1 aromatic carbocycles. The van der Waals surface area contributed by atoms with Gasteiger partial charge in [-0.2, -0.15) is 0 Å². The predicted molar refractivity (Wildman–Crippen MR) is 60.4 cm³/mol. The Bertz CT molecular complexity index is 361. The van der Waals surface area contributed by atoms with Crippen LogP contribution in [0.25, 0.3) is 0 Å². The molecule has 82 valence electrons. The molecular weight excluding hydrogens is 334 g/mol. The SMILES string of the molecule is FC1(F)CC1COc1cc(Br)cc(Br)c1. The molecule has 5 heteroatoms. The number of ether oxygens (including phenoxy) is 1. The minimum atomic E-state index is -2.51. The van der Waals surface area contributed by atoms with Crippen LogP contribution in [0.4, 0.5) is 8.78 Å². The van der Waals surface area contributed by atoms with Crippen LogP contribution in [0, 0.1) is 5.92 Å². The van der Waals surface area contributed by atoms with Crippen LogP contribution in [0.1, 0.15) is 6.42 Å². The number of rotatable bonds is 3. The summed E-state index contributed by atoms with van der Waals surface area (Å²) in [4.78, 5) is 0. The molecule has 1 aliphatic carbocycles. The van der Waals surface area contributed by atoms with Crippen molar-refractivity contribution in [3.8, 4) is 5.75 Å². The smallest absolute Gasteiger partial charge is 0.255 e. The highest BCUT2D eigenvalue weighted by atomic mass is 79.9. The molecule has 0 bridgehead atoms. The maximum atomic E-state index is 12.6. The van der Waals surface area contributed by atoms with Crippen LogP contribution >= 0.6 is 31.9 Å². The average Bonchev–Trinajstić information content (AvgIpc) is 2.69. The summed E-state index contributed by atoms with van der Waals surface area (Å²) in [6.07, 6.45) is -0.0534. The van der Waals surface area contributed by atoms with E-state index in [-0.39, 0.29) is 13.0 Å². The van der Waals surface area contributed by atoms with Gasteiger partial charge in [-0.25, -0.2) is 8.78 Å². The highest BCUT2D eigenvalue weighted by Crippen LogP contribution is 2.48. The first-order valence-electron chi connectivity index (χ1n) is 4.44. The van der Waals surface area contributed by atoms with Gasteiger partial charge in [0.15, 0.2) is 0 Å². The van der Waals surface area contributed by atoms with Crippen molar-refractivity contribution < 1.29 is 13.5 Å². The molecule has 1 unspecified atom stereocenters. The second kappa shape index (κ2) is 4.01. The van der Waals surface area contributed by atoms with Crippen LogP contribution in [-0.4, -0.2) is 12.5 Å². The van der Waals surface area contributed by atoms with E-state index in [1.807, 2.05) is 6.07 Å². The third-order valence-corrected chi connectivity index (χ3v) is 3.16. The monoisotopic (exact) mass is 340 g/mol. The van der Waals surface area contributed by atoms with Crippen molar-refractivity contribution in [3.63, 3.8) is 0 Å². The van der Waals surface area contributed by atoms with Crippen LogP contribution in [0.5, 0.6) is 5.75 Å². The van der Waals surface area contributed by atoms with E-state index in [0.717, 1.165) is 8.95 Å². The molecule has 1 saturated carbocycles. The fourth-order valence-electron chi connectivity index (χ4n) is 1.26. The summed E-state index contributed by atoms with van der Waals surface area (Å²) in [5, 5.41) is 0. The summed E-state index contributed by atoms with van der Waals surface area (Å²) in [6.45, 7) is 0.0793. The number of halogens is 4. The topological polar surface area (TPSA) is 9.23 Å². The molecule has 0 N–H and O–H groups in total. The van der Waals surface area contributed by atoms with Gasteiger partial charge in [0.2, 0.25) is 0 Å². The average molecular weight is 342 g/mol. The van der Waals surface area contributed by atoms with E-state index >= 15 is 0 Å². The molecule has 2 rings (SSSR count). The Hall–Kier alpha value is -0.160. The maximum Gasteiger partial charge on any atom is 0.255 e. The fraction of sp³-hybridized carbons (Fsp3) is 0.400. The molecule has 0 radical (unpaired) electrons. The molecule has 0 amide bonds. The first-order valence-corrected chi connectivity index (χ1v) is 6.03. The van der Waals surface area contributed by atoms with Crippen molar-refractivity contribution in [2.45, 2.75) is 12.3 Å². The minimum Gasteiger partial charge on any atom is -0.493 e. The van der Waals surface area contributed by atoms with Gasteiger partial charge >= 0.3 is 0 Å². The molecule has 1 nitrogen and oxygen atoms in total. The van der Waals surface area contributed by atoms with Crippen LogP contribution in [0.15, 0.2) is 27.1 Å². The van der Waals surface area contributed by atoms with Gasteiger partial charge in [-0.05, 0) is 18.2 Å². The standard InChI is InChI=1S/C10H8Br2F2O/c11-7-1-8(12)3-9(2-7)15-5-6-4-10(6,13)14/h1-3,6H,4-5H2. The lowest BCUT2D eigenvalue weighted by Gasteiger charge is -2.06. The Morgan fingerprint density at radius 3 is 2.27 bits per heavy atom. The summed E-state index contributed by atoms with van der Waals surface area (Å²) in [5.41, 5.74) is 0. The van der Waals surface area contributed by atoms with E-state index in [4.69, 9.17) is 4.74 Å². The summed E-state index contributed by atoms with van der Waals surface area (Å²) in [6, 6.07) is 5.37. The Morgan fingerprint density at radius 1 is 1.27 bits per heavy atom. The number of hydrogen-bond acceptors (Lipinski definition) is 1. The minimum absolute atomic E-state index is 0.0534. The molecule has 0 aliphatic heterocycles. The lowest BCUT2D eigenvalue weighted by molar-refractivity contribution is 0.0856. The third-order valence-electron chi connectivity index (χ3n) is 2.24. The molecule has 0 spiro atoms. The van der Waals surface area contributed by atoms with Crippen molar-refractivity contribution in [1.82, 2.24) is 0 Å². The quantitative estimate of drug-likeness (QED) is 0.798.